The van der Waals surface area contributed by atoms with Crippen LogP contribution in [0.5, 0.6) is 0 Å². The van der Waals surface area contributed by atoms with Gasteiger partial charge in [-0.3, -0.25) is 4.79 Å². The Bertz CT molecular complexity index is 999. The van der Waals surface area contributed by atoms with Crippen LogP contribution in [-0.2, 0) is 18.5 Å². The topological polar surface area (TPSA) is 25.2 Å². The predicted molar refractivity (Wildman–Crippen MR) is 130 cm³/mol. The molecule has 0 atom stereocenters. The maximum Gasteiger partial charge on any atom is 0.254 e. The molecule has 0 saturated carbocycles. The van der Waals surface area contributed by atoms with Gasteiger partial charge in [-0.15, -0.1) is 0 Å². The number of benzene rings is 2. The van der Waals surface area contributed by atoms with Crippen molar-refractivity contribution in [2.75, 3.05) is 6.54 Å². The first kappa shape index (κ1) is 23.1. The van der Waals surface area contributed by atoms with E-state index in [0.29, 0.717) is 13.1 Å². The van der Waals surface area contributed by atoms with Crippen LogP contribution in [-0.4, -0.2) is 21.9 Å². The first-order valence-electron chi connectivity index (χ1n) is 11.1. The Labute approximate surface area is 191 Å². The van der Waals surface area contributed by atoms with Crippen molar-refractivity contribution in [2.45, 2.75) is 59.0 Å². The number of aromatic nitrogens is 1. The number of amides is 1. The van der Waals surface area contributed by atoms with E-state index in [9.17, 15) is 4.79 Å². The highest BCUT2D eigenvalue weighted by atomic mass is 35.5. The number of halogens is 1. The Morgan fingerprint density at radius 2 is 1.71 bits per heavy atom. The minimum atomic E-state index is 0.0724. The molecular formula is C27H33ClN2O. The van der Waals surface area contributed by atoms with Gasteiger partial charge in [-0.2, -0.15) is 0 Å². The van der Waals surface area contributed by atoms with Gasteiger partial charge < -0.3 is 9.47 Å². The van der Waals surface area contributed by atoms with E-state index in [0.717, 1.165) is 41.2 Å². The van der Waals surface area contributed by atoms with E-state index in [1.54, 1.807) is 0 Å². The molecule has 0 fully saturated rings. The second kappa shape index (κ2) is 10.2. The summed E-state index contributed by atoms with van der Waals surface area (Å²) in [6.45, 7) is 10.7. The molecule has 0 radical (unpaired) electrons. The third-order valence-corrected chi connectivity index (χ3v) is 6.01. The molecule has 31 heavy (non-hydrogen) atoms. The average molecular weight is 437 g/mol. The zero-order valence-corrected chi connectivity index (χ0v) is 19.8. The van der Waals surface area contributed by atoms with Crippen molar-refractivity contribution < 1.29 is 4.79 Å². The molecular weight excluding hydrogens is 404 g/mol. The number of hydrogen-bond donors (Lipinski definition) is 0. The molecule has 4 heteroatoms. The minimum absolute atomic E-state index is 0.0724. The fraction of sp³-hybridized carbons (Fsp3) is 0.370. The van der Waals surface area contributed by atoms with Crippen LogP contribution in [0.1, 0.15) is 67.7 Å². The Balaban J connectivity index is 1.80. The van der Waals surface area contributed by atoms with E-state index < -0.39 is 0 Å². The molecule has 1 aromatic heterocycles. The van der Waals surface area contributed by atoms with Gasteiger partial charge in [0.25, 0.3) is 5.91 Å². The fourth-order valence-electron chi connectivity index (χ4n) is 3.65. The van der Waals surface area contributed by atoms with Gasteiger partial charge in [0.2, 0.25) is 0 Å². The maximum atomic E-state index is 13.4. The molecule has 1 heterocycles. The van der Waals surface area contributed by atoms with Crippen LogP contribution in [0.15, 0.2) is 66.9 Å². The number of hydrogen-bond acceptors (Lipinski definition) is 1. The Hall–Kier alpha value is -2.52. The third-order valence-electron chi connectivity index (χ3n) is 5.64. The predicted octanol–water partition coefficient (Wildman–Crippen LogP) is 6.93. The molecule has 3 rings (SSSR count). The lowest BCUT2D eigenvalue weighted by Gasteiger charge is -2.25. The molecule has 0 saturated heterocycles. The molecule has 1 amide bonds. The summed E-state index contributed by atoms with van der Waals surface area (Å²) in [5.41, 5.74) is 4.23. The molecule has 0 bridgehead atoms. The monoisotopic (exact) mass is 436 g/mol. The highest BCUT2D eigenvalue weighted by Crippen LogP contribution is 2.23. The number of nitrogens with zero attached hydrogens (tertiary/aromatic N) is 2. The van der Waals surface area contributed by atoms with Gasteiger partial charge in [-0.1, -0.05) is 76.0 Å². The van der Waals surface area contributed by atoms with Crippen molar-refractivity contribution in [3.8, 4) is 0 Å². The molecule has 0 N–H and O–H groups in total. The van der Waals surface area contributed by atoms with Crippen molar-refractivity contribution in [2.24, 2.45) is 0 Å². The normalized spacial score (nSPS) is 11.5. The van der Waals surface area contributed by atoms with Crippen LogP contribution in [0, 0.1) is 0 Å². The van der Waals surface area contributed by atoms with Crippen molar-refractivity contribution in [1.29, 1.82) is 0 Å². The van der Waals surface area contributed by atoms with Gasteiger partial charge in [0.05, 0.1) is 6.54 Å². The van der Waals surface area contributed by atoms with E-state index in [1.807, 2.05) is 47.4 Å². The number of unbranched alkanes of at least 4 members (excludes halogenated alkanes) is 1. The van der Waals surface area contributed by atoms with Crippen molar-refractivity contribution in [3.63, 3.8) is 0 Å². The molecule has 2 aromatic carbocycles. The molecule has 0 aliphatic rings. The lowest BCUT2D eigenvalue weighted by atomic mass is 9.86. The molecule has 3 nitrogen and oxygen atoms in total. The number of carbonyl (C=O) groups is 1. The van der Waals surface area contributed by atoms with Crippen molar-refractivity contribution in [1.82, 2.24) is 9.47 Å². The Kier molecular flexibility index (Phi) is 7.61. The van der Waals surface area contributed by atoms with Gasteiger partial charge in [0.1, 0.15) is 0 Å². The van der Waals surface area contributed by atoms with E-state index >= 15 is 0 Å². The van der Waals surface area contributed by atoms with Gasteiger partial charge >= 0.3 is 0 Å². The van der Waals surface area contributed by atoms with E-state index in [-0.39, 0.29) is 11.3 Å². The van der Waals surface area contributed by atoms with Crippen LogP contribution in [0.3, 0.4) is 0 Å². The third kappa shape index (κ3) is 6.01. The van der Waals surface area contributed by atoms with Crippen molar-refractivity contribution >= 4 is 17.5 Å². The summed E-state index contributed by atoms with van der Waals surface area (Å²) >= 11 is 6.37. The Morgan fingerprint density at radius 1 is 1.00 bits per heavy atom. The average Bonchev–Trinajstić information content (AvgIpc) is 3.18. The van der Waals surface area contributed by atoms with Gasteiger partial charge in [-0.05, 0) is 53.3 Å². The van der Waals surface area contributed by atoms with Crippen LogP contribution < -0.4 is 0 Å². The standard InChI is InChI=1S/C27H33ClN2O/c1-5-6-17-30(26(31)21-13-15-23(16-14-21)27(2,3)4)20-24-11-9-18-29(24)19-22-10-7-8-12-25(22)28/h7-16,18H,5-6,17,19-20H2,1-4H3. The largest absolute Gasteiger partial charge is 0.345 e. The summed E-state index contributed by atoms with van der Waals surface area (Å²) in [4.78, 5) is 15.3. The molecule has 3 aromatic rings. The quantitative estimate of drug-likeness (QED) is 0.375. The van der Waals surface area contributed by atoms with E-state index in [1.165, 1.54) is 5.56 Å². The highest BCUT2D eigenvalue weighted by Gasteiger charge is 2.19. The summed E-state index contributed by atoms with van der Waals surface area (Å²) in [6, 6.07) is 20.1. The smallest absolute Gasteiger partial charge is 0.254 e. The Morgan fingerprint density at radius 3 is 2.35 bits per heavy atom. The zero-order valence-electron chi connectivity index (χ0n) is 19.1. The SMILES string of the molecule is CCCCN(Cc1cccn1Cc1ccccc1Cl)C(=O)c1ccc(C(C)(C)C)cc1. The lowest BCUT2D eigenvalue weighted by Crippen LogP contribution is -2.32. The summed E-state index contributed by atoms with van der Waals surface area (Å²) in [7, 11) is 0. The van der Waals surface area contributed by atoms with Gasteiger partial charge in [-0.25, -0.2) is 0 Å². The summed E-state index contributed by atoms with van der Waals surface area (Å²) < 4.78 is 2.18. The minimum Gasteiger partial charge on any atom is -0.345 e. The molecule has 0 aliphatic heterocycles. The second-order valence-corrected chi connectivity index (χ2v) is 9.53. The van der Waals surface area contributed by atoms with Crippen LogP contribution in [0.2, 0.25) is 5.02 Å². The van der Waals surface area contributed by atoms with Gasteiger partial charge in [0, 0.05) is 35.6 Å². The lowest BCUT2D eigenvalue weighted by molar-refractivity contribution is 0.0737. The van der Waals surface area contributed by atoms with E-state index in [4.69, 9.17) is 11.6 Å². The molecule has 0 unspecified atom stereocenters. The molecule has 0 aliphatic carbocycles. The maximum absolute atomic E-state index is 13.4. The second-order valence-electron chi connectivity index (χ2n) is 9.13. The summed E-state index contributed by atoms with van der Waals surface area (Å²) in [6.07, 6.45) is 4.09. The summed E-state index contributed by atoms with van der Waals surface area (Å²) in [5.74, 6) is 0.0828. The first-order valence-corrected chi connectivity index (χ1v) is 11.4. The van der Waals surface area contributed by atoms with E-state index in [2.05, 4.69) is 56.7 Å². The fourth-order valence-corrected chi connectivity index (χ4v) is 3.85. The number of rotatable bonds is 8. The number of carbonyl (C=O) groups excluding carboxylic acids is 1. The molecule has 0 spiro atoms. The van der Waals surface area contributed by atoms with Crippen molar-refractivity contribution in [3.05, 3.63) is 94.3 Å². The summed E-state index contributed by atoms with van der Waals surface area (Å²) in [5, 5.41) is 0.764. The zero-order chi connectivity index (χ0) is 22.4. The highest BCUT2D eigenvalue weighted by molar-refractivity contribution is 6.31. The van der Waals surface area contributed by atoms with Gasteiger partial charge in [0.15, 0.2) is 0 Å². The van der Waals surface area contributed by atoms with Crippen LogP contribution in [0.4, 0.5) is 0 Å². The first-order chi connectivity index (χ1) is 14.8. The van der Waals surface area contributed by atoms with Crippen LogP contribution >= 0.6 is 11.6 Å². The molecule has 164 valence electrons. The van der Waals surface area contributed by atoms with Crippen LogP contribution in [0.25, 0.3) is 0 Å².